The number of carbonyl (C=O) groups is 3. The Morgan fingerprint density at radius 1 is 1.10 bits per heavy atom. The summed E-state index contributed by atoms with van der Waals surface area (Å²) in [6.45, 7) is -0.0348. The number of aliphatic carboxylic acids is 1. The number of hydrogen-bond donors (Lipinski definition) is 3. The minimum atomic E-state index is -1.03. The second-order valence-electron chi connectivity index (χ2n) is 4.24. The summed E-state index contributed by atoms with van der Waals surface area (Å²) in [7, 11) is 0. The average Bonchev–Trinajstić information content (AvgIpc) is 2.46. The van der Waals surface area contributed by atoms with Crippen LogP contribution in [0.4, 0.5) is 0 Å². The Labute approximate surface area is 122 Å². The molecule has 1 aromatic rings. The summed E-state index contributed by atoms with van der Waals surface area (Å²) in [4.78, 5) is 32.9. The van der Waals surface area contributed by atoms with E-state index < -0.39 is 11.9 Å². The SMILES string of the molecule is O=C(O)CNCC(=O)NCCC(=O)OCc1ccccc1. The van der Waals surface area contributed by atoms with E-state index in [1.54, 1.807) is 0 Å². The van der Waals surface area contributed by atoms with Crippen LogP contribution in [-0.2, 0) is 25.7 Å². The van der Waals surface area contributed by atoms with Gasteiger partial charge >= 0.3 is 11.9 Å². The number of esters is 1. The molecule has 7 heteroatoms. The van der Waals surface area contributed by atoms with Crippen molar-refractivity contribution >= 4 is 17.8 Å². The third-order valence-electron chi connectivity index (χ3n) is 2.46. The van der Waals surface area contributed by atoms with Gasteiger partial charge in [-0.25, -0.2) is 0 Å². The first-order valence-electron chi connectivity index (χ1n) is 6.46. The lowest BCUT2D eigenvalue weighted by Gasteiger charge is -2.06. The second-order valence-corrected chi connectivity index (χ2v) is 4.24. The number of carbonyl (C=O) groups excluding carboxylic acids is 2. The molecule has 21 heavy (non-hydrogen) atoms. The monoisotopic (exact) mass is 294 g/mol. The lowest BCUT2D eigenvalue weighted by molar-refractivity contribution is -0.144. The molecule has 0 fully saturated rings. The molecule has 0 atom stereocenters. The summed E-state index contributed by atoms with van der Waals surface area (Å²) in [6.07, 6.45) is 0.0670. The molecule has 1 rings (SSSR count). The van der Waals surface area contributed by atoms with Gasteiger partial charge in [0, 0.05) is 6.54 Å². The molecule has 1 amide bonds. The van der Waals surface area contributed by atoms with Crippen molar-refractivity contribution < 1.29 is 24.2 Å². The van der Waals surface area contributed by atoms with Crippen molar-refractivity contribution in [2.75, 3.05) is 19.6 Å². The molecule has 0 unspecified atom stereocenters. The topological polar surface area (TPSA) is 105 Å². The normalized spacial score (nSPS) is 9.90. The predicted octanol–water partition coefficient (Wildman–Crippen LogP) is -0.0897. The van der Waals surface area contributed by atoms with Crippen LogP contribution in [0.15, 0.2) is 30.3 Å². The van der Waals surface area contributed by atoms with Crippen molar-refractivity contribution in [1.29, 1.82) is 0 Å². The van der Waals surface area contributed by atoms with Crippen LogP contribution in [0, 0.1) is 0 Å². The molecule has 114 valence electrons. The maximum absolute atomic E-state index is 11.4. The van der Waals surface area contributed by atoms with Crippen LogP contribution in [0.2, 0.25) is 0 Å². The van der Waals surface area contributed by atoms with E-state index in [0.29, 0.717) is 0 Å². The summed E-state index contributed by atoms with van der Waals surface area (Å²) < 4.78 is 5.04. The summed E-state index contributed by atoms with van der Waals surface area (Å²) >= 11 is 0. The molecule has 0 radical (unpaired) electrons. The number of benzene rings is 1. The minimum Gasteiger partial charge on any atom is -0.480 e. The first-order valence-corrected chi connectivity index (χ1v) is 6.46. The van der Waals surface area contributed by atoms with Crippen molar-refractivity contribution in [2.45, 2.75) is 13.0 Å². The fourth-order valence-electron chi connectivity index (χ4n) is 1.46. The van der Waals surface area contributed by atoms with Gasteiger partial charge in [0.2, 0.25) is 5.91 Å². The molecule has 0 saturated carbocycles. The third kappa shape index (κ3) is 8.38. The van der Waals surface area contributed by atoms with E-state index in [4.69, 9.17) is 9.84 Å². The number of hydrogen-bond acceptors (Lipinski definition) is 5. The van der Waals surface area contributed by atoms with Crippen LogP contribution in [0.1, 0.15) is 12.0 Å². The van der Waals surface area contributed by atoms with E-state index in [2.05, 4.69) is 10.6 Å². The smallest absolute Gasteiger partial charge is 0.317 e. The lowest BCUT2D eigenvalue weighted by Crippen LogP contribution is -2.37. The molecule has 7 nitrogen and oxygen atoms in total. The molecular formula is C14H18N2O5. The van der Waals surface area contributed by atoms with Crippen molar-refractivity contribution in [3.63, 3.8) is 0 Å². The number of ether oxygens (including phenoxy) is 1. The largest absolute Gasteiger partial charge is 0.480 e. The van der Waals surface area contributed by atoms with Gasteiger partial charge in [-0.2, -0.15) is 0 Å². The van der Waals surface area contributed by atoms with Crippen molar-refractivity contribution in [3.8, 4) is 0 Å². The first-order chi connectivity index (χ1) is 10.1. The zero-order chi connectivity index (χ0) is 15.5. The van der Waals surface area contributed by atoms with Crippen molar-refractivity contribution in [1.82, 2.24) is 10.6 Å². The van der Waals surface area contributed by atoms with Crippen LogP contribution < -0.4 is 10.6 Å². The summed E-state index contributed by atoms with van der Waals surface area (Å²) in [5.74, 6) is -1.81. The second kappa shape index (κ2) is 9.49. The van der Waals surface area contributed by atoms with E-state index in [0.717, 1.165) is 5.56 Å². The molecule has 0 aliphatic heterocycles. The van der Waals surface area contributed by atoms with Gasteiger partial charge in [0.25, 0.3) is 0 Å². The van der Waals surface area contributed by atoms with Crippen LogP contribution in [0.5, 0.6) is 0 Å². The maximum Gasteiger partial charge on any atom is 0.317 e. The predicted molar refractivity (Wildman–Crippen MR) is 74.4 cm³/mol. The van der Waals surface area contributed by atoms with Gasteiger partial charge in [-0.3, -0.25) is 19.7 Å². The number of amides is 1. The molecule has 1 aromatic carbocycles. The van der Waals surface area contributed by atoms with Crippen molar-refractivity contribution in [3.05, 3.63) is 35.9 Å². The summed E-state index contributed by atoms with van der Waals surface area (Å²) in [6, 6.07) is 9.28. The van der Waals surface area contributed by atoms with Crippen molar-refractivity contribution in [2.24, 2.45) is 0 Å². The highest BCUT2D eigenvalue weighted by Crippen LogP contribution is 2.01. The molecule has 0 saturated heterocycles. The Bertz CT molecular complexity index is 476. The Hall–Kier alpha value is -2.41. The maximum atomic E-state index is 11.4. The van der Waals surface area contributed by atoms with Gasteiger partial charge in [-0.05, 0) is 5.56 Å². The molecule has 0 aliphatic carbocycles. The van der Waals surface area contributed by atoms with E-state index in [1.165, 1.54) is 0 Å². The Balaban J connectivity index is 2.07. The number of carboxylic acids is 1. The summed E-state index contributed by atoms with van der Waals surface area (Å²) in [5, 5.41) is 13.3. The van der Waals surface area contributed by atoms with Gasteiger partial charge in [-0.1, -0.05) is 30.3 Å². The first kappa shape index (κ1) is 16.6. The molecule has 0 spiro atoms. The highest BCUT2D eigenvalue weighted by Gasteiger charge is 2.06. The van der Waals surface area contributed by atoms with E-state index in [-0.39, 0.29) is 38.6 Å². The quantitative estimate of drug-likeness (QED) is 0.550. The van der Waals surface area contributed by atoms with E-state index in [1.807, 2.05) is 30.3 Å². The lowest BCUT2D eigenvalue weighted by atomic mass is 10.2. The van der Waals surface area contributed by atoms with Crippen LogP contribution in [-0.4, -0.2) is 42.6 Å². The van der Waals surface area contributed by atoms with Gasteiger partial charge in [0.05, 0.1) is 19.5 Å². The molecule has 0 bridgehead atoms. The molecule has 0 heterocycles. The summed E-state index contributed by atoms with van der Waals surface area (Å²) in [5.41, 5.74) is 0.896. The van der Waals surface area contributed by atoms with E-state index in [9.17, 15) is 14.4 Å². The minimum absolute atomic E-state index is 0.0670. The Kier molecular flexibility index (Phi) is 7.52. The van der Waals surface area contributed by atoms with Crippen LogP contribution in [0.3, 0.4) is 0 Å². The third-order valence-corrected chi connectivity index (χ3v) is 2.46. The van der Waals surface area contributed by atoms with Gasteiger partial charge in [0.1, 0.15) is 6.61 Å². The molecular weight excluding hydrogens is 276 g/mol. The van der Waals surface area contributed by atoms with Gasteiger partial charge in [-0.15, -0.1) is 0 Å². The fraction of sp³-hybridized carbons (Fsp3) is 0.357. The average molecular weight is 294 g/mol. The zero-order valence-electron chi connectivity index (χ0n) is 11.5. The number of rotatable bonds is 9. The highest BCUT2D eigenvalue weighted by molar-refractivity contribution is 5.79. The Morgan fingerprint density at radius 3 is 2.48 bits per heavy atom. The van der Waals surface area contributed by atoms with E-state index >= 15 is 0 Å². The van der Waals surface area contributed by atoms with Crippen LogP contribution >= 0.6 is 0 Å². The zero-order valence-corrected chi connectivity index (χ0v) is 11.5. The number of nitrogens with one attached hydrogen (secondary N) is 2. The van der Waals surface area contributed by atoms with Gasteiger partial charge in [0.15, 0.2) is 0 Å². The molecule has 0 aliphatic rings. The molecule has 0 aromatic heterocycles. The fourth-order valence-corrected chi connectivity index (χ4v) is 1.46. The number of carboxylic acid groups (broad SMARTS) is 1. The Morgan fingerprint density at radius 2 is 1.81 bits per heavy atom. The molecule has 3 N–H and O–H groups in total. The van der Waals surface area contributed by atoms with Crippen LogP contribution in [0.25, 0.3) is 0 Å². The highest BCUT2D eigenvalue weighted by atomic mass is 16.5. The standard InChI is InChI=1S/C14H18N2O5/c17-12(8-15-9-13(18)19)16-7-6-14(20)21-10-11-4-2-1-3-5-11/h1-5,15H,6-10H2,(H,16,17)(H,18,19). The van der Waals surface area contributed by atoms with Gasteiger partial charge < -0.3 is 15.2 Å².